The highest BCUT2D eigenvalue weighted by Gasteiger charge is 2.10. The second-order valence-corrected chi connectivity index (χ2v) is 6.29. The van der Waals surface area contributed by atoms with Crippen molar-refractivity contribution in [2.45, 2.75) is 52.5 Å². The van der Waals surface area contributed by atoms with Gasteiger partial charge in [0.2, 0.25) is 0 Å². The third kappa shape index (κ3) is 5.80. The Morgan fingerprint density at radius 1 is 0.952 bits per heavy atom. The molecule has 1 aliphatic heterocycles. The Hall–Kier alpha value is -0.860. The molecule has 21 heavy (non-hydrogen) atoms. The Morgan fingerprint density at radius 3 is 2.24 bits per heavy atom. The van der Waals surface area contributed by atoms with Crippen LogP contribution in [0.3, 0.4) is 0 Å². The third-order valence-electron chi connectivity index (χ3n) is 4.68. The number of benzene rings is 1. The molecule has 1 heterocycles. The molecular formula is C19H32N2. The fourth-order valence-electron chi connectivity index (χ4n) is 3.19. The number of piperidine rings is 1. The van der Waals surface area contributed by atoms with Gasteiger partial charge in [-0.15, -0.1) is 0 Å². The van der Waals surface area contributed by atoms with Gasteiger partial charge in [-0.1, -0.05) is 44.5 Å². The summed E-state index contributed by atoms with van der Waals surface area (Å²) in [5.41, 5.74) is 2.89. The van der Waals surface area contributed by atoms with Crippen molar-refractivity contribution in [1.82, 2.24) is 9.80 Å². The van der Waals surface area contributed by atoms with E-state index >= 15 is 0 Å². The Morgan fingerprint density at radius 2 is 1.62 bits per heavy atom. The van der Waals surface area contributed by atoms with E-state index in [1.165, 1.54) is 63.0 Å². The van der Waals surface area contributed by atoms with Gasteiger partial charge in [0.25, 0.3) is 0 Å². The second-order valence-electron chi connectivity index (χ2n) is 6.29. The summed E-state index contributed by atoms with van der Waals surface area (Å²) in [6.07, 6.45) is 6.68. The average molecular weight is 288 g/mol. The van der Waals surface area contributed by atoms with Gasteiger partial charge in [0.15, 0.2) is 0 Å². The number of likely N-dealkylation sites (tertiary alicyclic amines) is 1. The molecule has 0 spiro atoms. The highest BCUT2D eigenvalue weighted by molar-refractivity contribution is 5.22. The molecule has 1 aliphatic rings. The predicted molar refractivity (Wildman–Crippen MR) is 91.7 cm³/mol. The van der Waals surface area contributed by atoms with Gasteiger partial charge < -0.3 is 4.90 Å². The van der Waals surface area contributed by atoms with Crippen LogP contribution >= 0.6 is 0 Å². The molecule has 1 saturated heterocycles. The Balaban J connectivity index is 1.71. The molecule has 0 N–H and O–H groups in total. The van der Waals surface area contributed by atoms with Gasteiger partial charge in [-0.05, 0) is 69.5 Å². The molecule has 1 fully saturated rings. The number of aryl methyl sites for hydroxylation is 1. The smallest absolute Gasteiger partial charge is 0.0233 e. The second kappa shape index (κ2) is 9.22. The molecule has 0 aromatic heterocycles. The maximum Gasteiger partial charge on any atom is 0.0233 e. The van der Waals surface area contributed by atoms with E-state index in [0.717, 1.165) is 19.5 Å². The summed E-state index contributed by atoms with van der Waals surface area (Å²) in [5, 5.41) is 0. The zero-order chi connectivity index (χ0) is 14.9. The first-order chi connectivity index (χ1) is 10.3. The lowest BCUT2D eigenvalue weighted by Gasteiger charge is -2.28. The number of hydrogen-bond acceptors (Lipinski definition) is 2. The number of nitrogens with zero attached hydrogens (tertiary/aromatic N) is 2. The third-order valence-corrected chi connectivity index (χ3v) is 4.68. The van der Waals surface area contributed by atoms with Crippen molar-refractivity contribution < 1.29 is 0 Å². The number of rotatable bonds is 8. The highest BCUT2D eigenvalue weighted by atomic mass is 15.1. The predicted octanol–water partition coefficient (Wildman–Crippen LogP) is 3.95. The fraction of sp³-hybridized carbons (Fsp3) is 0.684. The first-order valence-corrected chi connectivity index (χ1v) is 8.84. The SMILES string of the molecule is CCc1ccc(CN(CC)CCCN2CCCCC2)cc1. The summed E-state index contributed by atoms with van der Waals surface area (Å²) in [6, 6.07) is 9.14. The molecule has 2 heteroatoms. The van der Waals surface area contributed by atoms with Crippen molar-refractivity contribution in [3.63, 3.8) is 0 Å². The maximum atomic E-state index is 2.65. The lowest BCUT2D eigenvalue weighted by Crippen LogP contribution is -2.33. The van der Waals surface area contributed by atoms with E-state index in [1.807, 2.05) is 0 Å². The van der Waals surface area contributed by atoms with Crippen molar-refractivity contribution in [1.29, 1.82) is 0 Å². The van der Waals surface area contributed by atoms with Crippen LogP contribution in [-0.4, -0.2) is 42.5 Å². The first-order valence-electron chi connectivity index (χ1n) is 8.84. The van der Waals surface area contributed by atoms with Crippen LogP contribution in [0, 0.1) is 0 Å². The molecule has 2 nitrogen and oxygen atoms in total. The van der Waals surface area contributed by atoms with Crippen LogP contribution in [0.5, 0.6) is 0 Å². The summed E-state index contributed by atoms with van der Waals surface area (Å²) in [4.78, 5) is 5.22. The summed E-state index contributed by atoms with van der Waals surface area (Å²) < 4.78 is 0. The lowest BCUT2D eigenvalue weighted by molar-refractivity contribution is 0.202. The van der Waals surface area contributed by atoms with Gasteiger partial charge in [-0.25, -0.2) is 0 Å². The van der Waals surface area contributed by atoms with Crippen molar-refractivity contribution in [2.75, 3.05) is 32.7 Å². The normalized spacial score (nSPS) is 16.5. The standard InChI is InChI=1S/C19H32N2/c1-3-18-9-11-19(12-10-18)17-20(4-2)15-8-16-21-13-6-5-7-14-21/h9-12H,3-8,13-17H2,1-2H3. The van der Waals surface area contributed by atoms with Crippen LogP contribution in [0.1, 0.15) is 50.7 Å². The molecule has 0 aliphatic carbocycles. The van der Waals surface area contributed by atoms with Crippen molar-refractivity contribution in [3.05, 3.63) is 35.4 Å². The lowest BCUT2D eigenvalue weighted by atomic mass is 10.1. The fourth-order valence-corrected chi connectivity index (χ4v) is 3.19. The molecule has 0 unspecified atom stereocenters. The molecule has 1 aromatic carbocycles. The first kappa shape index (κ1) is 16.5. The van der Waals surface area contributed by atoms with E-state index in [1.54, 1.807) is 0 Å². The van der Waals surface area contributed by atoms with Crippen molar-refractivity contribution in [3.8, 4) is 0 Å². The van der Waals surface area contributed by atoms with Crippen LogP contribution in [0.2, 0.25) is 0 Å². The minimum atomic E-state index is 1.10. The van der Waals surface area contributed by atoms with Gasteiger partial charge in [0.05, 0.1) is 0 Å². The molecule has 1 aromatic rings. The van der Waals surface area contributed by atoms with E-state index < -0.39 is 0 Å². The Bertz CT molecular complexity index is 379. The minimum Gasteiger partial charge on any atom is -0.303 e. The molecule has 0 saturated carbocycles. The van der Waals surface area contributed by atoms with E-state index in [-0.39, 0.29) is 0 Å². The molecule has 0 atom stereocenters. The molecule has 0 radical (unpaired) electrons. The molecular weight excluding hydrogens is 256 g/mol. The quantitative estimate of drug-likeness (QED) is 0.715. The molecule has 0 amide bonds. The van der Waals surface area contributed by atoms with E-state index in [0.29, 0.717) is 0 Å². The summed E-state index contributed by atoms with van der Waals surface area (Å²) in [7, 11) is 0. The van der Waals surface area contributed by atoms with Gasteiger partial charge in [0, 0.05) is 6.54 Å². The van der Waals surface area contributed by atoms with E-state index in [2.05, 4.69) is 47.9 Å². The van der Waals surface area contributed by atoms with Crippen LogP contribution in [0.25, 0.3) is 0 Å². The van der Waals surface area contributed by atoms with E-state index in [9.17, 15) is 0 Å². The van der Waals surface area contributed by atoms with Crippen LogP contribution in [0.4, 0.5) is 0 Å². The van der Waals surface area contributed by atoms with Crippen LogP contribution in [-0.2, 0) is 13.0 Å². The molecule has 2 rings (SSSR count). The van der Waals surface area contributed by atoms with Gasteiger partial charge in [0.1, 0.15) is 0 Å². The summed E-state index contributed by atoms with van der Waals surface area (Å²) >= 11 is 0. The van der Waals surface area contributed by atoms with Gasteiger partial charge in [-0.3, -0.25) is 4.90 Å². The Labute approximate surface area is 131 Å². The maximum absolute atomic E-state index is 2.65. The van der Waals surface area contributed by atoms with Crippen molar-refractivity contribution >= 4 is 0 Å². The molecule has 118 valence electrons. The molecule has 0 bridgehead atoms. The number of hydrogen-bond donors (Lipinski definition) is 0. The zero-order valence-electron chi connectivity index (χ0n) is 14.0. The Kier molecular flexibility index (Phi) is 7.25. The monoisotopic (exact) mass is 288 g/mol. The topological polar surface area (TPSA) is 6.48 Å². The van der Waals surface area contributed by atoms with Crippen molar-refractivity contribution in [2.24, 2.45) is 0 Å². The highest BCUT2D eigenvalue weighted by Crippen LogP contribution is 2.11. The largest absolute Gasteiger partial charge is 0.303 e. The van der Waals surface area contributed by atoms with E-state index in [4.69, 9.17) is 0 Å². The average Bonchev–Trinajstić information content (AvgIpc) is 2.55. The van der Waals surface area contributed by atoms with Gasteiger partial charge >= 0.3 is 0 Å². The van der Waals surface area contributed by atoms with Gasteiger partial charge in [-0.2, -0.15) is 0 Å². The van der Waals surface area contributed by atoms with Crippen LogP contribution in [0.15, 0.2) is 24.3 Å². The minimum absolute atomic E-state index is 1.10. The summed E-state index contributed by atoms with van der Waals surface area (Å²) in [5.74, 6) is 0. The zero-order valence-corrected chi connectivity index (χ0v) is 14.0. The summed E-state index contributed by atoms with van der Waals surface area (Å²) in [6.45, 7) is 11.9. The van der Waals surface area contributed by atoms with Crippen LogP contribution < -0.4 is 0 Å².